The van der Waals surface area contributed by atoms with E-state index >= 15 is 0 Å². The number of urea groups is 1. The highest BCUT2D eigenvalue weighted by Crippen LogP contribution is 2.31. The van der Waals surface area contributed by atoms with E-state index in [-0.39, 0.29) is 18.0 Å². The summed E-state index contributed by atoms with van der Waals surface area (Å²) in [6, 6.07) is 0.0972. The Balaban J connectivity index is 1.52. The zero-order valence-corrected chi connectivity index (χ0v) is 16.4. The van der Waals surface area contributed by atoms with Gasteiger partial charge in [-0.25, -0.2) is 9.78 Å². The van der Waals surface area contributed by atoms with Crippen molar-refractivity contribution >= 4 is 23.3 Å². The van der Waals surface area contributed by atoms with Crippen molar-refractivity contribution in [1.29, 1.82) is 0 Å². The van der Waals surface area contributed by atoms with Crippen LogP contribution in [-0.4, -0.2) is 46.1 Å². The van der Waals surface area contributed by atoms with E-state index in [1.807, 2.05) is 4.90 Å². The van der Waals surface area contributed by atoms with Crippen molar-refractivity contribution in [2.24, 2.45) is 5.92 Å². The third-order valence-electron chi connectivity index (χ3n) is 5.59. The monoisotopic (exact) mass is 379 g/mol. The van der Waals surface area contributed by atoms with Gasteiger partial charge in [-0.05, 0) is 44.4 Å². The lowest BCUT2D eigenvalue weighted by molar-refractivity contribution is -0.142. The van der Waals surface area contributed by atoms with Gasteiger partial charge in [-0.1, -0.05) is 13.8 Å². The van der Waals surface area contributed by atoms with Crippen LogP contribution in [0, 0.1) is 5.92 Å². The Morgan fingerprint density at radius 3 is 2.62 bits per heavy atom. The second-order valence-corrected chi connectivity index (χ2v) is 8.78. The maximum absolute atomic E-state index is 12.7. The predicted octanol–water partition coefficient (Wildman–Crippen LogP) is 3.80. The molecular weight excluding hydrogens is 350 g/mol. The molecule has 1 aliphatic heterocycles. The lowest BCUT2D eigenvalue weighted by Gasteiger charge is -2.34. The number of hydrogen-bond donors (Lipinski definition) is 2. The first-order valence-corrected chi connectivity index (χ1v) is 10.6. The number of piperidine rings is 1. The van der Waals surface area contributed by atoms with Crippen LogP contribution in [0.3, 0.4) is 0 Å². The van der Waals surface area contributed by atoms with Crippen LogP contribution in [0.15, 0.2) is 5.38 Å². The Labute approximate surface area is 159 Å². The molecule has 1 saturated heterocycles. The molecular formula is C19H29N3O3S. The maximum Gasteiger partial charge on any atom is 0.317 e. The predicted molar refractivity (Wildman–Crippen MR) is 102 cm³/mol. The van der Waals surface area contributed by atoms with Crippen molar-refractivity contribution < 1.29 is 14.7 Å². The summed E-state index contributed by atoms with van der Waals surface area (Å²) in [5.41, 5.74) is 1.14. The van der Waals surface area contributed by atoms with Crippen LogP contribution in [0.25, 0.3) is 0 Å². The molecule has 0 radical (unpaired) electrons. The van der Waals surface area contributed by atoms with Crippen LogP contribution in [0.5, 0.6) is 0 Å². The Morgan fingerprint density at radius 1 is 1.27 bits per heavy atom. The van der Waals surface area contributed by atoms with Gasteiger partial charge in [0.1, 0.15) is 0 Å². The highest BCUT2D eigenvalue weighted by Gasteiger charge is 2.30. The van der Waals surface area contributed by atoms with Crippen LogP contribution in [0.1, 0.15) is 74.9 Å². The van der Waals surface area contributed by atoms with Gasteiger partial charge in [0.2, 0.25) is 0 Å². The van der Waals surface area contributed by atoms with Crippen LogP contribution < -0.4 is 5.32 Å². The van der Waals surface area contributed by atoms with Crippen LogP contribution in [0.2, 0.25) is 0 Å². The number of hydrogen-bond acceptors (Lipinski definition) is 4. The molecule has 26 heavy (non-hydrogen) atoms. The molecule has 3 rings (SSSR count). The van der Waals surface area contributed by atoms with E-state index in [1.165, 1.54) is 0 Å². The van der Waals surface area contributed by atoms with Crippen molar-refractivity contribution in [2.45, 2.75) is 70.3 Å². The topological polar surface area (TPSA) is 82.5 Å². The van der Waals surface area contributed by atoms with Crippen LogP contribution >= 0.6 is 11.3 Å². The Bertz CT molecular complexity index is 638. The van der Waals surface area contributed by atoms with Crippen molar-refractivity contribution in [1.82, 2.24) is 15.2 Å². The molecule has 2 N–H and O–H groups in total. The zero-order chi connectivity index (χ0) is 18.7. The van der Waals surface area contributed by atoms with Crippen molar-refractivity contribution in [2.75, 3.05) is 13.1 Å². The summed E-state index contributed by atoms with van der Waals surface area (Å²) in [7, 11) is 0. The number of thiazole rings is 1. The number of carbonyl (C=O) groups is 2. The molecule has 1 atom stereocenters. The molecule has 6 nitrogen and oxygen atoms in total. The van der Waals surface area contributed by atoms with Crippen molar-refractivity contribution in [3.8, 4) is 0 Å². The van der Waals surface area contributed by atoms with E-state index in [9.17, 15) is 9.59 Å². The summed E-state index contributed by atoms with van der Waals surface area (Å²) in [5.74, 6) is -0.195. The van der Waals surface area contributed by atoms with Gasteiger partial charge in [-0.3, -0.25) is 4.79 Å². The molecule has 1 aromatic heterocycles. The zero-order valence-electron chi connectivity index (χ0n) is 15.6. The summed E-state index contributed by atoms with van der Waals surface area (Å²) in [4.78, 5) is 30.4. The molecule has 144 valence electrons. The minimum absolute atomic E-state index is 0.00545. The fourth-order valence-corrected chi connectivity index (χ4v) is 4.98. The van der Waals surface area contributed by atoms with Gasteiger partial charge < -0.3 is 15.3 Å². The lowest BCUT2D eigenvalue weighted by atomic mass is 9.86. The third kappa shape index (κ3) is 4.55. The average molecular weight is 380 g/mol. The summed E-state index contributed by atoms with van der Waals surface area (Å²) in [6.45, 7) is 5.81. The minimum atomic E-state index is -0.710. The molecule has 2 amide bonds. The number of carbonyl (C=O) groups excluding carboxylic acids is 1. The smallest absolute Gasteiger partial charge is 0.317 e. The standard InChI is InChI=1S/C19H29N3O3S/c1-12(2)16-11-26-17(21-16)14-4-3-9-22(10-14)19(25)20-15-7-5-13(6-8-15)18(23)24/h11-15H,3-10H2,1-2H3,(H,20,25)(H,23,24). The van der Waals surface area contributed by atoms with E-state index in [1.54, 1.807) is 11.3 Å². The number of aromatic nitrogens is 1. The number of carboxylic acid groups (broad SMARTS) is 1. The SMILES string of the molecule is CC(C)c1csc(C2CCCN(C(=O)NC3CCC(C(=O)O)CC3)C2)n1. The summed E-state index contributed by atoms with van der Waals surface area (Å²) in [6.07, 6.45) is 4.90. The third-order valence-corrected chi connectivity index (χ3v) is 6.62. The first-order valence-electron chi connectivity index (χ1n) is 9.67. The van der Waals surface area contributed by atoms with Gasteiger partial charge in [-0.15, -0.1) is 11.3 Å². The summed E-state index contributed by atoms with van der Waals surface area (Å²) < 4.78 is 0. The van der Waals surface area contributed by atoms with E-state index in [2.05, 4.69) is 24.5 Å². The fourth-order valence-electron chi connectivity index (χ4n) is 3.87. The second-order valence-electron chi connectivity index (χ2n) is 7.89. The molecule has 7 heteroatoms. The van der Waals surface area contributed by atoms with Gasteiger partial charge in [0, 0.05) is 30.4 Å². The number of nitrogens with one attached hydrogen (secondary N) is 1. The molecule has 2 fully saturated rings. The summed E-state index contributed by atoms with van der Waals surface area (Å²) in [5, 5.41) is 15.5. The Hall–Kier alpha value is -1.63. The number of rotatable bonds is 4. The van der Waals surface area contributed by atoms with Gasteiger partial charge in [0.15, 0.2) is 0 Å². The first-order chi connectivity index (χ1) is 12.4. The Morgan fingerprint density at radius 2 is 2.00 bits per heavy atom. The largest absolute Gasteiger partial charge is 0.481 e. The van der Waals surface area contributed by atoms with Gasteiger partial charge in [0.25, 0.3) is 0 Å². The lowest BCUT2D eigenvalue weighted by Crippen LogP contribution is -2.49. The molecule has 1 unspecified atom stereocenters. The molecule has 1 aromatic rings. The van der Waals surface area contributed by atoms with Gasteiger partial charge >= 0.3 is 12.0 Å². The van der Waals surface area contributed by atoms with E-state index in [4.69, 9.17) is 10.1 Å². The van der Waals surface area contributed by atoms with Crippen LogP contribution in [-0.2, 0) is 4.79 Å². The molecule has 2 heterocycles. The average Bonchev–Trinajstić information content (AvgIpc) is 3.13. The summed E-state index contributed by atoms with van der Waals surface area (Å²) >= 11 is 1.71. The number of likely N-dealkylation sites (tertiary alicyclic amines) is 1. The molecule has 0 aromatic carbocycles. The van der Waals surface area contributed by atoms with Crippen LogP contribution in [0.4, 0.5) is 4.79 Å². The van der Waals surface area contributed by atoms with Crippen molar-refractivity contribution in [3.63, 3.8) is 0 Å². The second kappa shape index (κ2) is 8.37. The number of amides is 2. The van der Waals surface area contributed by atoms with Gasteiger partial charge in [-0.2, -0.15) is 0 Å². The first kappa shape index (κ1) is 19.1. The quantitative estimate of drug-likeness (QED) is 0.833. The number of carboxylic acids is 1. The molecule has 1 saturated carbocycles. The van der Waals surface area contributed by atoms with Gasteiger partial charge in [0.05, 0.1) is 16.6 Å². The van der Waals surface area contributed by atoms with E-state index in [0.29, 0.717) is 24.7 Å². The van der Waals surface area contributed by atoms with E-state index in [0.717, 1.165) is 49.5 Å². The molecule has 0 spiro atoms. The fraction of sp³-hybridized carbons (Fsp3) is 0.737. The normalized spacial score (nSPS) is 26.7. The Kier molecular flexibility index (Phi) is 6.16. The highest BCUT2D eigenvalue weighted by atomic mass is 32.1. The number of nitrogens with zero attached hydrogens (tertiary/aromatic N) is 2. The highest BCUT2D eigenvalue weighted by molar-refractivity contribution is 7.09. The molecule has 0 bridgehead atoms. The number of aliphatic carboxylic acids is 1. The molecule has 1 aliphatic carbocycles. The molecule has 2 aliphatic rings. The minimum Gasteiger partial charge on any atom is -0.481 e. The van der Waals surface area contributed by atoms with Crippen molar-refractivity contribution in [3.05, 3.63) is 16.1 Å². The maximum atomic E-state index is 12.7. The van der Waals surface area contributed by atoms with E-state index < -0.39 is 5.97 Å².